The van der Waals surface area contributed by atoms with Crippen LogP contribution in [-0.2, 0) is 13.5 Å². The van der Waals surface area contributed by atoms with Crippen molar-refractivity contribution in [3.05, 3.63) is 51.8 Å². The Kier molecular flexibility index (Phi) is 4.27. The monoisotopic (exact) mass is 278 g/mol. The van der Waals surface area contributed by atoms with E-state index < -0.39 is 0 Å². The fraction of sp³-hybridized carbons (Fsp3) is 0.400. The smallest absolute Gasteiger partial charge is 0.130 e. The van der Waals surface area contributed by atoms with Crippen LogP contribution >= 0.6 is 11.6 Å². The highest BCUT2D eigenvalue weighted by Crippen LogP contribution is 2.27. The SMILES string of the molecule is Cc1ccc(C(CO)Cc2c(C)nn(C)c2Cl)cc1. The van der Waals surface area contributed by atoms with E-state index in [0.29, 0.717) is 11.6 Å². The lowest BCUT2D eigenvalue weighted by Gasteiger charge is -2.15. The van der Waals surface area contributed by atoms with E-state index in [2.05, 4.69) is 36.3 Å². The Balaban J connectivity index is 2.26. The van der Waals surface area contributed by atoms with Gasteiger partial charge in [-0.3, -0.25) is 4.68 Å². The average Bonchev–Trinajstić information content (AvgIpc) is 2.63. The molecule has 0 saturated heterocycles. The molecule has 0 spiro atoms. The first-order valence-corrected chi connectivity index (χ1v) is 6.76. The third kappa shape index (κ3) is 2.99. The molecule has 1 atom stereocenters. The highest BCUT2D eigenvalue weighted by atomic mass is 35.5. The van der Waals surface area contributed by atoms with Gasteiger partial charge in [-0.25, -0.2) is 0 Å². The van der Waals surface area contributed by atoms with Crippen LogP contribution in [0.3, 0.4) is 0 Å². The maximum absolute atomic E-state index is 9.63. The largest absolute Gasteiger partial charge is 0.396 e. The lowest BCUT2D eigenvalue weighted by atomic mass is 9.92. The van der Waals surface area contributed by atoms with Gasteiger partial charge in [-0.1, -0.05) is 41.4 Å². The molecule has 1 unspecified atom stereocenters. The maximum atomic E-state index is 9.63. The summed E-state index contributed by atoms with van der Waals surface area (Å²) in [6.45, 7) is 4.11. The standard InChI is InChI=1S/C15H19ClN2O/c1-10-4-6-12(7-5-10)13(9-19)8-14-11(2)17-18(3)15(14)16/h4-7,13,19H,8-9H2,1-3H3. The van der Waals surface area contributed by atoms with Crippen molar-refractivity contribution in [2.45, 2.75) is 26.2 Å². The van der Waals surface area contributed by atoms with E-state index in [1.54, 1.807) is 4.68 Å². The summed E-state index contributed by atoms with van der Waals surface area (Å²) in [4.78, 5) is 0. The average molecular weight is 279 g/mol. The van der Waals surface area contributed by atoms with Crippen molar-refractivity contribution in [2.75, 3.05) is 6.61 Å². The number of hydrogen-bond acceptors (Lipinski definition) is 2. The topological polar surface area (TPSA) is 38.1 Å². The molecule has 0 saturated carbocycles. The molecule has 0 fully saturated rings. The molecule has 1 heterocycles. The Morgan fingerprint density at radius 3 is 2.37 bits per heavy atom. The number of benzene rings is 1. The molecular formula is C15H19ClN2O. The number of aliphatic hydroxyl groups is 1. The van der Waals surface area contributed by atoms with Crippen LogP contribution < -0.4 is 0 Å². The second kappa shape index (κ2) is 5.76. The van der Waals surface area contributed by atoms with Crippen molar-refractivity contribution in [1.29, 1.82) is 0 Å². The minimum absolute atomic E-state index is 0.0565. The highest BCUT2D eigenvalue weighted by Gasteiger charge is 2.18. The summed E-state index contributed by atoms with van der Waals surface area (Å²) >= 11 is 6.25. The normalized spacial score (nSPS) is 12.7. The van der Waals surface area contributed by atoms with Gasteiger partial charge in [0.1, 0.15) is 5.15 Å². The zero-order valence-corrected chi connectivity index (χ0v) is 12.3. The quantitative estimate of drug-likeness (QED) is 0.934. The van der Waals surface area contributed by atoms with E-state index in [1.807, 2.05) is 14.0 Å². The first-order chi connectivity index (χ1) is 9.02. The number of nitrogens with zero attached hydrogens (tertiary/aromatic N) is 2. The second-order valence-electron chi connectivity index (χ2n) is 4.97. The molecule has 2 rings (SSSR count). The van der Waals surface area contributed by atoms with Gasteiger partial charge in [0.05, 0.1) is 12.3 Å². The molecule has 0 aliphatic heterocycles. The highest BCUT2D eigenvalue weighted by molar-refractivity contribution is 6.30. The Bertz CT molecular complexity index is 560. The number of aliphatic hydroxyl groups excluding tert-OH is 1. The van der Waals surface area contributed by atoms with Crippen LogP contribution in [0.4, 0.5) is 0 Å². The van der Waals surface area contributed by atoms with E-state index in [4.69, 9.17) is 11.6 Å². The molecule has 2 aromatic rings. The Hall–Kier alpha value is -1.32. The van der Waals surface area contributed by atoms with Gasteiger partial charge in [-0.05, 0) is 25.8 Å². The third-order valence-electron chi connectivity index (χ3n) is 3.49. The van der Waals surface area contributed by atoms with Crippen LogP contribution in [0.1, 0.15) is 28.3 Å². The van der Waals surface area contributed by atoms with E-state index in [1.165, 1.54) is 5.56 Å². The summed E-state index contributed by atoms with van der Waals surface area (Å²) in [7, 11) is 1.83. The molecule has 3 nitrogen and oxygen atoms in total. The molecule has 102 valence electrons. The van der Waals surface area contributed by atoms with Crippen molar-refractivity contribution < 1.29 is 5.11 Å². The van der Waals surface area contributed by atoms with Crippen LogP contribution in [0, 0.1) is 13.8 Å². The summed E-state index contributed by atoms with van der Waals surface area (Å²) in [6, 6.07) is 8.26. The summed E-state index contributed by atoms with van der Waals surface area (Å²) in [5.41, 5.74) is 4.30. The summed E-state index contributed by atoms with van der Waals surface area (Å²) in [5, 5.41) is 14.6. The molecule has 4 heteroatoms. The van der Waals surface area contributed by atoms with Crippen molar-refractivity contribution in [3.63, 3.8) is 0 Å². The molecule has 0 radical (unpaired) electrons. The van der Waals surface area contributed by atoms with Crippen molar-refractivity contribution in [2.24, 2.45) is 7.05 Å². The first kappa shape index (κ1) is 14.1. The minimum atomic E-state index is 0.0565. The molecule has 0 aliphatic rings. The molecule has 0 amide bonds. The van der Waals surface area contributed by atoms with Crippen LogP contribution in [0.5, 0.6) is 0 Å². The molecule has 0 aliphatic carbocycles. The van der Waals surface area contributed by atoms with Gasteiger partial charge in [0, 0.05) is 18.5 Å². The number of aryl methyl sites for hydroxylation is 3. The number of halogens is 1. The Morgan fingerprint density at radius 2 is 1.89 bits per heavy atom. The van der Waals surface area contributed by atoms with Crippen molar-refractivity contribution in [3.8, 4) is 0 Å². The maximum Gasteiger partial charge on any atom is 0.130 e. The van der Waals surface area contributed by atoms with Gasteiger partial charge >= 0.3 is 0 Å². The number of rotatable bonds is 4. The van der Waals surface area contributed by atoms with Gasteiger partial charge < -0.3 is 5.11 Å². The molecule has 19 heavy (non-hydrogen) atoms. The first-order valence-electron chi connectivity index (χ1n) is 6.38. The molecular weight excluding hydrogens is 260 g/mol. The third-order valence-corrected chi connectivity index (χ3v) is 3.96. The summed E-state index contributed by atoms with van der Waals surface area (Å²) in [5.74, 6) is 0.0565. The molecule has 0 bridgehead atoms. The van der Waals surface area contributed by atoms with Gasteiger partial charge in [-0.2, -0.15) is 5.10 Å². The number of aromatic nitrogens is 2. The fourth-order valence-corrected chi connectivity index (χ4v) is 2.53. The zero-order valence-electron chi connectivity index (χ0n) is 11.5. The lowest BCUT2D eigenvalue weighted by molar-refractivity contribution is 0.264. The van der Waals surface area contributed by atoms with Crippen LogP contribution in [0.15, 0.2) is 24.3 Å². The Morgan fingerprint density at radius 1 is 1.26 bits per heavy atom. The van der Waals surface area contributed by atoms with E-state index in [-0.39, 0.29) is 12.5 Å². The summed E-state index contributed by atoms with van der Waals surface area (Å²) < 4.78 is 1.68. The van der Waals surface area contributed by atoms with Crippen LogP contribution in [0.25, 0.3) is 0 Å². The van der Waals surface area contributed by atoms with Gasteiger partial charge in [-0.15, -0.1) is 0 Å². The Labute approximate surface area is 118 Å². The van der Waals surface area contributed by atoms with Crippen molar-refractivity contribution >= 4 is 11.6 Å². The lowest BCUT2D eigenvalue weighted by Crippen LogP contribution is -2.08. The molecule has 1 aromatic carbocycles. The predicted molar refractivity (Wildman–Crippen MR) is 77.7 cm³/mol. The fourth-order valence-electron chi connectivity index (χ4n) is 2.28. The molecule has 1 aromatic heterocycles. The zero-order chi connectivity index (χ0) is 14.0. The molecule has 1 N–H and O–H groups in total. The van der Waals surface area contributed by atoms with Crippen molar-refractivity contribution in [1.82, 2.24) is 9.78 Å². The predicted octanol–water partition coefficient (Wildman–Crippen LogP) is 3.01. The van der Waals surface area contributed by atoms with E-state index >= 15 is 0 Å². The van der Waals surface area contributed by atoms with Crippen LogP contribution in [0.2, 0.25) is 5.15 Å². The van der Waals surface area contributed by atoms with Gasteiger partial charge in [0.15, 0.2) is 0 Å². The van der Waals surface area contributed by atoms with E-state index in [0.717, 1.165) is 16.8 Å². The summed E-state index contributed by atoms with van der Waals surface area (Å²) in [6.07, 6.45) is 0.706. The minimum Gasteiger partial charge on any atom is -0.396 e. The number of hydrogen-bond donors (Lipinski definition) is 1. The van der Waals surface area contributed by atoms with Gasteiger partial charge in [0.2, 0.25) is 0 Å². The second-order valence-corrected chi connectivity index (χ2v) is 5.33. The van der Waals surface area contributed by atoms with E-state index in [9.17, 15) is 5.11 Å². The van der Waals surface area contributed by atoms with Gasteiger partial charge in [0.25, 0.3) is 0 Å². The van der Waals surface area contributed by atoms with Crippen LogP contribution in [-0.4, -0.2) is 21.5 Å².